The molecule has 4 aromatic rings. The molecule has 0 radical (unpaired) electrons. The van der Waals surface area contributed by atoms with Gasteiger partial charge in [-0.3, -0.25) is 9.78 Å². The standard InChI is InChI=1S/C31H33N5O2S/c1-19-9-8-10-23(15-19)35-21(3)17-25(22(35)4)30-29(27-11-6-7-14-32-27)34-31(39)36(30)24-12-13-26(20(2)16-24)33-28(37)18-38-5/h6-17,29-30H,18H2,1-5H3,(H,33,37)(H,34,39)/t29-,30+/m0/s1. The van der Waals surface area contributed by atoms with Crippen molar-refractivity contribution >= 4 is 34.6 Å². The molecule has 1 fully saturated rings. The minimum Gasteiger partial charge on any atom is -0.375 e. The van der Waals surface area contributed by atoms with Gasteiger partial charge in [0.05, 0.1) is 17.8 Å². The predicted molar refractivity (Wildman–Crippen MR) is 160 cm³/mol. The minimum atomic E-state index is -0.191. The van der Waals surface area contributed by atoms with Gasteiger partial charge in [0.1, 0.15) is 6.61 Å². The smallest absolute Gasteiger partial charge is 0.250 e. The topological polar surface area (TPSA) is 71.4 Å². The van der Waals surface area contributed by atoms with E-state index in [0.29, 0.717) is 5.11 Å². The predicted octanol–water partition coefficient (Wildman–Crippen LogP) is 5.87. The van der Waals surface area contributed by atoms with Crippen molar-refractivity contribution in [3.8, 4) is 5.69 Å². The van der Waals surface area contributed by atoms with Gasteiger partial charge < -0.3 is 24.8 Å². The third-order valence-corrected chi connectivity index (χ3v) is 7.50. The fraction of sp³-hybridized carbons (Fsp3) is 0.258. The third kappa shape index (κ3) is 5.17. The van der Waals surface area contributed by atoms with Gasteiger partial charge in [0.15, 0.2) is 5.11 Å². The second-order valence-corrected chi connectivity index (χ2v) is 10.4. The molecule has 1 amide bonds. The van der Waals surface area contributed by atoms with Gasteiger partial charge in [-0.15, -0.1) is 0 Å². The van der Waals surface area contributed by atoms with Crippen LogP contribution in [0.3, 0.4) is 0 Å². The number of nitrogens with one attached hydrogen (secondary N) is 2. The molecule has 8 heteroatoms. The van der Waals surface area contributed by atoms with Crippen LogP contribution in [0.15, 0.2) is 72.9 Å². The number of benzene rings is 2. The lowest BCUT2D eigenvalue weighted by Gasteiger charge is -2.29. The zero-order valence-electron chi connectivity index (χ0n) is 22.9. The molecule has 1 aliphatic heterocycles. The van der Waals surface area contributed by atoms with E-state index < -0.39 is 0 Å². The Kier molecular flexibility index (Phi) is 7.50. The maximum atomic E-state index is 12.1. The summed E-state index contributed by atoms with van der Waals surface area (Å²) in [5, 5.41) is 7.10. The molecule has 1 saturated heterocycles. The second kappa shape index (κ2) is 11.0. The number of amides is 1. The van der Waals surface area contributed by atoms with Crippen LogP contribution in [-0.4, -0.2) is 34.3 Å². The van der Waals surface area contributed by atoms with Crippen LogP contribution in [-0.2, 0) is 9.53 Å². The molecule has 0 spiro atoms. The van der Waals surface area contributed by atoms with E-state index in [-0.39, 0.29) is 24.6 Å². The number of aromatic nitrogens is 2. The first kappa shape index (κ1) is 26.6. The van der Waals surface area contributed by atoms with Crippen molar-refractivity contribution in [2.24, 2.45) is 0 Å². The van der Waals surface area contributed by atoms with E-state index in [0.717, 1.165) is 39.7 Å². The number of nitrogens with zero attached hydrogens (tertiary/aromatic N) is 3. The Balaban J connectivity index is 1.61. The molecular weight excluding hydrogens is 506 g/mol. The fourth-order valence-corrected chi connectivity index (χ4v) is 5.80. The molecule has 0 unspecified atom stereocenters. The molecule has 200 valence electrons. The normalized spacial score (nSPS) is 16.8. The highest BCUT2D eigenvalue weighted by Gasteiger charge is 2.42. The lowest BCUT2D eigenvalue weighted by Crippen LogP contribution is -2.29. The van der Waals surface area contributed by atoms with Crippen molar-refractivity contribution in [2.45, 2.75) is 39.8 Å². The van der Waals surface area contributed by atoms with Crippen LogP contribution in [0.4, 0.5) is 11.4 Å². The molecule has 3 heterocycles. The maximum absolute atomic E-state index is 12.1. The molecule has 7 nitrogen and oxygen atoms in total. The molecule has 0 aliphatic carbocycles. The number of rotatable bonds is 7. The highest BCUT2D eigenvalue weighted by molar-refractivity contribution is 7.80. The average molecular weight is 540 g/mol. The number of carbonyl (C=O) groups excluding carboxylic acids is 1. The van der Waals surface area contributed by atoms with E-state index in [9.17, 15) is 4.79 Å². The summed E-state index contributed by atoms with van der Waals surface area (Å²) in [5.74, 6) is -0.191. The lowest BCUT2D eigenvalue weighted by atomic mass is 9.96. The van der Waals surface area contributed by atoms with E-state index in [1.54, 1.807) is 0 Å². The zero-order chi connectivity index (χ0) is 27.7. The van der Waals surface area contributed by atoms with E-state index in [4.69, 9.17) is 21.9 Å². The summed E-state index contributed by atoms with van der Waals surface area (Å²) >= 11 is 5.94. The van der Waals surface area contributed by atoms with Gasteiger partial charge in [0.25, 0.3) is 0 Å². The lowest BCUT2D eigenvalue weighted by molar-refractivity contribution is -0.119. The number of ether oxygens (including phenoxy) is 1. The van der Waals surface area contributed by atoms with Crippen molar-refractivity contribution in [2.75, 3.05) is 23.9 Å². The molecule has 5 rings (SSSR count). The van der Waals surface area contributed by atoms with E-state index >= 15 is 0 Å². The number of methoxy groups -OCH3 is 1. The first-order chi connectivity index (χ1) is 18.8. The number of aryl methyl sites for hydroxylation is 3. The maximum Gasteiger partial charge on any atom is 0.250 e. The summed E-state index contributed by atoms with van der Waals surface area (Å²) in [4.78, 5) is 19.0. The van der Waals surface area contributed by atoms with Gasteiger partial charge in [-0.2, -0.15) is 0 Å². The van der Waals surface area contributed by atoms with Crippen LogP contribution in [0.2, 0.25) is 0 Å². The Morgan fingerprint density at radius 1 is 1.03 bits per heavy atom. The molecule has 0 saturated carbocycles. The van der Waals surface area contributed by atoms with Gasteiger partial charge in [-0.25, -0.2) is 0 Å². The quantitative estimate of drug-likeness (QED) is 0.286. The fourth-order valence-electron chi connectivity index (χ4n) is 5.46. The Labute approximate surface area is 234 Å². The van der Waals surface area contributed by atoms with E-state index in [2.05, 4.69) is 77.3 Å². The van der Waals surface area contributed by atoms with Crippen LogP contribution in [0.1, 0.15) is 45.9 Å². The molecule has 39 heavy (non-hydrogen) atoms. The summed E-state index contributed by atoms with van der Waals surface area (Å²) in [6, 6.07) is 22.5. The third-order valence-electron chi connectivity index (χ3n) is 7.18. The summed E-state index contributed by atoms with van der Waals surface area (Å²) in [7, 11) is 1.50. The Morgan fingerprint density at radius 2 is 1.85 bits per heavy atom. The highest BCUT2D eigenvalue weighted by atomic mass is 32.1. The number of thiocarbonyl (C=S) groups is 1. The largest absolute Gasteiger partial charge is 0.375 e. The Morgan fingerprint density at radius 3 is 2.54 bits per heavy atom. The molecular formula is C31H33N5O2S. The van der Waals surface area contributed by atoms with E-state index in [1.165, 1.54) is 18.2 Å². The summed E-state index contributed by atoms with van der Waals surface area (Å²) in [6.45, 7) is 8.40. The Hall–Kier alpha value is -4.01. The second-order valence-electron chi connectivity index (χ2n) is 9.98. The number of pyridine rings is 1. The highest BCUT2D eigenvalue weighted by Crippen LogP contribution is 2.44. The number of carbonyl (C=O) groups is 1. The molecule has 1 aliphatic rings. The zero-order valence-corrected chi connectivity index (χ0v) is 23.7. The van der Waals surface area contributed by atoms with Crippen LogP contribution in [0.25, 0.3) is 5.69 Å². The van der Waals surface area contributed by atoms with Crippen LogP contribution in [0.5, 0.6) is 0 Å². The van der Waals surface area contributed by atoms with Gasteiger partial charge >= 0.3 is 0 Å². The van der Waals surface area contributed by atoms with Crippen molar-refractivity contribution in [3.05, 3.63) is 107 Å². The molecule has 2 aromatic heterocycles. The SMILES string of the molecule is COCC(=O)Nc1ccc(N2C(=S)N[C@@H](c3ccccn3)[C@H]2c2cc(C)n(-c3cccc(C)c3)c2C)cc1C. The molecule has 0 bridgehead atoms. The van der Waals surface area contributed by atoms with Crippen molar-refractivity contribution in [1.82, 2.24) is 14.9 Å². The number of anilines is 2. The average Bonchev–Trinajstić information content (AvgIpc) is 3.40. The van der Waals surface area contributed by atoms with E-state index in [1.807, 2.05) is 43.5 Å². The summed E-state index contributed by atoms with van der Waals surface area (Å²) in [5.41, 5.74) is 9.38. The first-order valence-electron chi connectivity index (χ1n) is 12.9. The van der Waals surface area contributed by atoms with Crippen molar-refractivity contribution in [3.63, 3.8) is 0 Å². The van der Waals surface area contributed by atoms with Crippen LogP contribution < -0.4 is 15.5 Å². The first-order valence-corrected chi connectivity index (χ1v) is 13.3. The van der Waals surface area contributed by atoms with Gasteiger partial charge in [-0.05, 0) is 105 Å². The number of hydrogen-bond acceptors (Lipinski definition) is 4. The van der Waals surface area contributed by atoms with Crippen molar-refractivity contribution < 1.29 is 9.53 Å². The van der Waals surface area contributed by atoms with Gasteiger partial charge in [-0.1, -0.05) is 18.2 Å². The Bertz CT molecular complexity index is 1530. The molecule has 2 aromatic carbocycles. The number of hydrogen-bond donors (Lipinski definition) is 2. The summed E-state index contributed by atoms with van der Waals surface area (Å²) < 4.78 is 7.26. The van der Waals surface area contributed by atoms with Gasteiger partial charge in [0, 0.05) is 41.8 Å². The molecule has 2 atom stereocenters. The summed E-state index contributed by atoms with van der Waals surface area (Å²) in [6.07, 6.45) is 1.82. The van der Waals surface area contributed by atoms with Gasteiger partial charge in [0.2, 0.25) is 5.91 Å². The molecule has 2 N–H and O–H groups in total. The minimum absolute atomic E-state index is 0.00566. The monoisotopic (exact) mass is 539 g/mol. The van der Waals surface area contributed by atoms with Crippen LogP contribution in [0, 0.1) is 27.7 Å². The van der Waals surface area contributed by atoms with Crippen LogP contribution >= 0.6 is 12.2 Å². The van der Waals surface area contributed by atoms with Crippen molar-refractivity contribution in [1.29, 1.82) is 0 Å².